The Morgan fingerprint density at radius 1 is 1.45 bits per heavy atom. The van der Waals surface area contributed by atoms with Crippen LogP contribution in [-0.4, -0.2) is 25.0 Å². The Bertz CT molecular complexity index is 130. The van der Waals surface area contributed by atoms with Crippen molar-refractivity contribution in [2.75, 3.05) is 13.4 Å². The summed E-state index contributed by atoms with van der Waals surface area (Å²) in [6, 6.07) is 0. The predicted molar refractivity (Wildman–Crippen MR) is 37.4 cm³/mol. The van der Waals surface area contributed by atoms with Crippen molar-refractivity contribution in [3.05, 3.63) is 0 Å². The van der Waals surface area contributed by atoms with Gasteiger partial charge in [0.15, 0.2) is 5.60 Å². The molecule has 0 aromatic carbocycles. The van der Waals surface area contributed by atoms with E-state index >= 15 is 0 Å². The molecule has 0 spiro atoms. The van der Waals surface area contributed by atoms with Crippen molar-refractivity contribution in [3.63, 3.8) is 0 Å². The van der Waals surface area contributed by atoms with Crippen LogP contribution in [0.1, 0.15) is 20.8 Å². The number of hydrogen-bond donors (Lipinski definition) is 0. The van der Waals surface area contributed by atoms with Gasteiger partial charge in [0, 0.05) is 6.61 Å². The molecule has 0 saturated carbocycles. The van der Waals surface area contributed by atoms with Crippen LogP contribution in [0.5, 0.6) is 0 Å². The average Bonchev–Trinajstić information content (AvgIpc) is 1.88. The third kappa shape index (κ3) is 3.95. The lowest BCUT2D eigenvalue weighted by atomic mass is 10.1. The maximum atomic E-state index is 10.3. The zero-order valence-electron chi connectivity index (χ0n) is 7.05. The Balaban J connectivity index is 3.64. The maximum absolute atomic E-state index is 10.3. The third-order valence-corrected chi connectivity index (χ3v) is 1.20. The summed E-state index contributed by atoms with van der Waals surface area (Å²) in [6.07, 6.45) is 0. The van der Waals surface area contributed by atoms with Gasteiger partial charge in [0.1, 0.15) is 6.79 Å². The molecule has 0 N–H and O–H groups in total. The monoisotopic (exact) mass is 161 g/mol. The van der Waals surface area contributed by atoms with Gasteiger partial charge in [0.2, 0.25) is 0 Å². The number of carbonyl (C=O) groups is 1. The minimum atomic E-state index is -1.27. The lowest BCUT2D eigenvalue weighted by Gasteiger charge is -2.17. The van der Waals surface area contributed by atoms with Gasteiger partial charge in [-0.2, -0.15) is 0 Å². The Hall–Kier alpha value is -0.610. The fourth-order valence-corrected chi connectivity index (χ4v) is 0.331. The second-order valence-corrected chi connectivity index (χ2v) is 2.55. The Morgan fingerprint density at radius 2 is 2.00 bits per heavy atom. The number of ether oxygens (including phenoxy) is 2. The standard InChI is InChI=1S/C7H13O4/c1-4-10-5-11-7(2,3)6(8)9/h4-5H2,1-3H3. The van der Waals surface area contributed by atoms with Gasteiger partial charge >= 0.3 is 5.97 Å². The predicted octanol–water partition coefficient (Wildman–Crippen LogP) is 0.733. The van der Waals surface area contributed by atoms with E-state index in [4.69, 9.17) is 9.47 Å². The van der Waals surface area contributed by atoms with E-state index in [0.29, 0.717) is 6.61 Å². The average molecular weight is 161 g/mol. The molecule has 0 rings (SSSR count). The van der Waals surface area contributed by atoms with Gasteiger partial charge in [0.25, 0.3) is 0 Å². The molecule has 65 valence electrons. The van der Waals surface area contributed by atoms with Gasteiger partial charge in [-0.15, -0.1) is 0 Å². The molecule has 0 aromatic heterocycles. The van der Waals surface area contributed by atoms with E-state index in [-0.39, 0.29) is 6.79 Å². The second kappa shape index (κ2) is 4.31. The Kier molecular flexibility index (Phi) is 4.07. The van der Waals surface area contributed by atoms with Gasteiger partial charge in [-0.25, -0.2) is 9.90 Å². The van der Waals surface area contributed by atoms with E-state index in [2.05, 4.69) is 0 Å². The lowest BCUT2D eigenvalue weighted by Crippen LogP contribution is -2.34. The zero-order valence-corrected chi connectivity index (χ0v) is 7.05. The van der Waals surface area contributed by atoms with Crippen LogP contribution in [0.25, 0.3) is 0 Å². The molecule has 0 aliphatic heterocycles. The van der Waals surface area contributed by atoms with Crippen LogP contribution >= 0.6 is 0 Å². The highest BCUT2D eigenvalue weighted by atomic mass is 16.7. The summed E-state index contributed by atoms with van der Waals surface area (Å²) in [5.41, 5.74) is -1.27. The van der Waals surface area contributed by atoms with Crippen molar-refractivity contribution in [1.82, 2.24) is 0 Å². The number of carbonyl (C=O) groups excluding carboxylic acids is 1. The lowest BCUT2D eigenvalue weighted by molar-refractivity contribution is -0.183. The smallest absolute Gasteiger partial charge is 0.356 e. The maximum Gasteiger partial charge on any atom is 0.386 e. The molecule has 1 radical (unpaired) electrons. The van der Waals surface area contributed by atoms with Crippen LogP contribution in [0.2, 0.25) is 0 Å². The van der Waals surface area contributed by atoms with E-state index in [0.717, 1.165) is 0 Å². The van der Waals surface area contributed by atoms with Crippen LogP contribution in [0.3, 0.4) is 0 Å². The first kappa shape index (κ1) is 10.4. The van der Waals surface area contributed by atoms with Crippen LogP contribution < -0.4 is 0 Å². The van der Waals surface area contributed by atoms with Gasteiger partial charge < -0.3 is 9.47 Å². The minimum absolute atomic E-state index is 0.0164. The Morgan fingerprint density at radius 3 is 2.36 bits per heavy atom. The van der Waals surface area contributed by atoms with Crippen LogP contribution in [-0.2, 0) is 19.4 Å². The highest BCUT2D eigenvalue weighted by Gasteiger charge is 2.29. The van der Waals surface area contributed by atoms with Crippen LogP contribution in [0.4, 0.5) is 0 Å². The van der Waals surface area contributed by atoms with E-state index in [9.17, 15) is 9.90 Å². The fourth-order valence-electron chi connectivity index (χ4n) is 0.331. The summed E-state index contributed by atoms with van der Waals surface area (Å²) in [5.74, 6) is -1.24. The molecule has 0 aliphatic rings. The topological polar surface area (TPSA) is 55.4 Å². The minimum Gasteiger partial charge on any atom is -0.356 e. The van der Waals surface area contributed by atoms with Crippen molar-refractivity contribution >= 4 is 5.97 Å². The molecule has 0 aromatic rings. The summed E-state index contributed by atoms with van der Waals surface area (Å²) in [4.78, 5) is 10.3. The van der Waals surface area contributed by atoms with Gasteiger partial charge in [-0.3, -0.25) is 0 Å². The molecule has 0 amide bonds. The molecule has 11 heavy (non-hydrogen) atoms. The second-order valence-electron chi connectivity index (χ2n) is 2.55. The highest BCUT2D eigenvalue weighted by molar-refractivity contribution is 5.75. The molecule has 0 heterocycles. The van der Waals surface area contributed by atoms with Crippen molar-refractivity contribution in [1.29, 1.82) is 0 Å². The molecular formula is C7H13O4. The zero-order chi connectivity index (χ0) is 8.91. The third-order valence-electron chi connectivity index (χ3n) is 1.20. The normalized spacial score (nSPS) is 11.5. The van der Waals surface area contributed by atoms with Crippen molar-refractivity contribution in [2.45, 2.75) is 26.4 Å². The number of rotatable bonds is 5. The Labute approximate surface area is 66.1 Å². The molecular weight excluding hydrogens is 148 g/mol. The molecule has 0 saturated heterocycles. The van der Waals surface area contributed by atoms with E-state index in [1.54, 1.807) is 6.92 Å². The van der Waals surface area contributed by atoms with E-state index in [1.165, 1.54) is 13.8 Å². The van der Waals surface area contributed by atoms with E-state index in [1.807, 2.05) is 0 Å². The van der Waals surface area contributed by atoms with Crippen LogP contribution in [0.15, 0.2) is 0 Å². The van der Waals surface area contributed by atoms with Crippen molar-refractivity contribution in [2.24, 2.45) is 0 Å². The fraction of sp³-hybridized carbons (Fsp3) is 0.857. The van der Waals surface area contributed by atoms with E-state index < -0.39 is 11.6 Å². The summed E-state index contributed by atoms with van der Waals surface area (Å²) in [6.45, 7) is 5.12. The first-order chi connectivity index (χ1) is 5.00. The molecule has 0 unspecified atom stereocenters. The first-order valence-electron chi connectivity index (χ1n) is 3.44. The highest BCUT2D eigenvalue weighted by Crippen LogP contribution is 2.08. The molecule has 0 aliphatic carbocycles. The largest absolute Gasteiger partial charge is 0.386 e. The number of hydrogen-bond acceptors (Lipinski definition) is 3. The van der Waals surface area contributed by atoms with Crippen LogP contribution in [0, 0.1) is 0 Å². The summed E-state index contributed by atoms with van der Waals surface area (Å²) in [5, 5.41) is 10.3. The molecule has 0 fully saturated rings. The SMILES string of the molecule is CCOCOC(C)(C)C([O])=O. The quantitative estimate of drug-likeness (QED) is 0.441. The molecule has 0 bridgehead atoms. The van der Waals surface area contributed by atoms with Gasteiger partial charge in [-0.1, -0.05) is 0 Å². The van der Waals surface area contributed by atoms with Gasteiger partial charge in [-0.05, 0) is 20.8 Å². The molecule has 4 heteroatoms. The van der Waals surface area contributed by atoms with Gasteiger partial charge in [0.05, 0.1) is 0 Å². The summed E-state index contributed by atoms with van der Waals surface area (Å²) in [7, 11) is 0. The van der Waals surface area contributed by atoms with Crippen molar-refractivity contribution < 1.29 is 19.4 Å². The molecule has 0 atom stereocenters. The van der Waals surface area contributed by atoms with Crippen molar-refractivity contribution in [3.8, 4) is 0 Å². The summed E-state index contributed by atoms with van der Waals surface area (Å²) < 4.78 is 9.65. The first-order valence-corrected chi connectivity index (χ1v) is 3.44. The molecule has 4 nitrogen and oxygen atoms in total. The summed E-state index contributed by atoms with van der Waals surface area (Å²) >= 11 is 0.